The quantitative estimate of drug-likeness (QED) is 0.212. The Balaban J connectivity index is 1.52. The number of halogens is 2. The number of amides is 4. The van der Waals surface area contributed by atoms with E-state index in [-0.39, 0.29) is 35.5 Å². The monoisotopic (exact) mass is 594 g/mol. The van der Waals surface area contributed by atoms with Gasteiger partial charge >= 0.3 is 6.03 Å². The van der Waals surface area contributed by atoms with E-state index >= 15 is 4.39 Å². The molecule has 43 heavy (non-hydrogen) atoms. The van der Waals surface area contributed by atoms with Crippen LogP contribution in [0.5, 0.6) is 11.5 Å². The highest BCUT2D eigenvalue weighted by molar-refractivity contribution is 6.25. The number of anilines is 3. The van der Waals surface area contributed by atoms with Crippen molar-refractivity contribution in [1.82, 2.24) is 20.2 Å². The van der Waals surface area contributed by atoms with Gasteiger partial charge in [-0.2, -0.15) is 5.10 Å². The Kier molecular flexibility index (Phi) is 7.82. The third-order valence-corrected chi connectivity index (χ3v) is 6.64. The fourth-order valence-electron chi connectivity index (χ4n) is 4.68. The van der Waals surface area contributed by atoms with Gasteiger partial charge in [-0.15, -0.1) is 0 Å². The van der Waals surface area contributed by atoms with E-state index in [9.17, 15) is 23.9 Å². The van der Waals surface area contributed by atoms with Crippen molar-refractivity contribution in [3.8, 4) is 11.5 Å². The van der Waals surface area contributed by atoms with E-state index in [2.05, 4.69) is 20.5 Å². The molecule has 5 N–H and O–H groups in total. The van der Waals surface area contributed by atoms with Crippen molar-refractivity contribution < 1.29 is 33.0 Å². The number of H-pyrrole nitrogens is 1. The third kappa shape index (κ3) is 5.37. The van der Waals surface area contributed by atoms with Crippen LogP contribution in [0.25, 0.3) is 11.0 Å². The molecule has 1 saturated heterocycles. The predicted octanol–water partition coefficient (Wildman–Crippen LogP) is 3.27. The number of aliphatic hydroxyl groups is 1. The van der Waals surface area contributed by atoms with Crippen LogP contribution in [0, 0.1) is 11.6 Å². The third-order valence-electron chi connectivity index (χ3n) is 6.64. The Hall–Kier alpha value is -5.31. The van der Waals surface area contributed by atoms with Crippen molar-refractivity contribution in [3.05, 3.63) is 66.4 Å². The number of rotatable bonds is 9. The molecule has 3 heterocycles. The highest BCUT2D eigenvalue weighted by Gasteiger charge is 2.49. The van der Waals surface area contributed by atoms with Gasteiger partial charge in [0.1, 0.15) is 17.0 Å². The molecule has 4 amide bonds. The van der Waals surface area contributed by atoms with Crippen molar-refractivity contribution in [2.24, 2.45) is 5.73 Å². The van der Waals surface area contributed by atoms with E-state index < -0.39 is 41.6 Å². The zero-order valence-electron chi connectivity index (χ0n) is 23.3. The van der Waals surface area contributed by atoms with Crippen LogP contribution in [0.4, 0.5) is 30.8 Å². The number of hydrazine groups is 1. The van der Waals surface area contributed by atoms with Gasteiger partial charge < -0.3 is 20.9 Å². The Morgan fingerprint density at radius 2 is 1.79 bits per heavy atom. The lowest BCUT2D eigenvalue weighted by Gasteiger charge is -2.48. The molecule has 0 spiro atoms. The number of benzene rings is 2. The first-order chi connectivity index (χ1) is 20.5. The summed E-state index contributed by atoms with van der Waals surface area (Å²) in [5.41, 5.74) is 6.02. The van der Waals surface area contributed by atoms with Crippen molar-refractivity contribution in [2.75, 3.05) is 21.8 Å². The van der Waals surface area contributed by atoms with E-state index in [1.807, 2.05) is 0 Å². The van der Waals surface area contributed by atoms with Crippen LogP contribution < -0.4 is 25.7 Å². The van der Waals surface area contributed by atoms with Gasteiger partial charge in [0.15, 0.2) is 23.0 Å². The van der Waals surface area contributed by atoms with Crippen LogP contribution in [0.1, 0.15) is 20.8 Å². The Labute approximate surface area is 243 Å². The molecular weight excluding hydrogens is 566 g/mol. The number of carbonyl (C=O) groups is 3. The summed E-state index contributed by atoms with van der Waals surface area (Å²) in [4.78, 5) is 44.7. The number of pyridine rings is 1. The van der Waals surface area contributed by atoms with E-state index in [1.54, 1.807) is 20.8 Å². The highest BCUT2D eigenvalue weighted by Crippen LogP contribution is 2.37. The molecule has 2 aromatic carbocycles. The van der Waals surface area contributed by atoms with E-state index in [0.717, 1.165) is 33.1 Å². The zero-order valence-corrected chi connectivity index (χ0v) is 23.3. The summed E-state index contributed by atoms with van der Waals surface area (Å²) in [6.07, 6.45) is 1.44. The van der Waals surface area contributed by atoms with Gasteiger partial charge in [-0.05, 0) is 57.2 Å². The van der Waals surface area contributed by atoms with Crippen molar-refractivity contribution in [2.45, 2.75) is 38.9 Å². The molecule has 5 rings (SSSR count). The highest BCUT2D eigenvalue weighted by atomic mass is 19.1. The summed E-state index contributed by atoms with van der Waals surface area (Å²) in [5, 5.41) is 21.9. The second-order valence-electron chi connectivity index (χ2n) is 10.1. The topological polar surface area (TPSA) is 170 Å². The van der Waals surface area contributed by atoms with Gasteiger partial charge in [-0.1, -0.05) is 0 Å². The number of nitrogens with two attached hydrogens (primary N) is 1. The van der Waals surface area contributed by atoms with E-state index in [1.165, 1.54) is 36.5 Å². The molecule has 224 valence electrons. The van der Waals surface area contributed by atoms with Gasteiger partial charge in [0.25, 0.3) is 11.8 Å². The molecule has 1 fully saturated rings. The van der Waals surface area contributed by atoms with E-state index in [4.69, 9.17) is 10.5 Å². The Bertz CT molecular complexity index is 1700. The molecule has 2 aromatic heterocycles. The first-order valence-electron chi connectivity index (χ1n) is 13.2. The minimum Gasteiger partial charge on any atom is -0.453 e. The molecule has 1 aliphatic heterocycles. The molecule has 1 unspecified atom stereocenters. The fraction of sp³-hybridized carbons (Fsp3) is 0.250. The van der Waals surface area contributed by atoms with E-state index in [0.29, 0.717) is 16.9 Å². The molecule has 4 aromatic rings. The summed E-state index contributed by atoms with van der Waals surface area (Å²) < 4.78 is 35.1. The normalized spacial score (nSPS) is 16.3. The lowest BCUT2D eigenvalue weighted by molar-refractivity contribution is -0.130. The summed E-state index contributed by atoms with van der Waals surface area (Å²) in [6.45, 7) is 4.85. The number of hydrogen-bond acceptors (Lipinski definition) is 9. The average Bonchev–Trinajstić information content (AvgIpc) is 3.37. The predicted molar refractivity (Wildman–Crippen MR) is 152 cm³/mol. The number of nitrogens with one attached hydrogen (secondary N) is 2. The number of aliphatic hydroxyl groups excluding tert-OH is 1. The number of carbonyl (C=O) groups excluding carboxylic acids is 3. The molecule has 1 aliphatic rings. The van der Waals surface area contributed by atoms with Crippen LogP contribution in [-0.4, -0.2) is 67.9 Å². The first kappa shape index (κ1) is 29.2. The molecule has 0 bridgehead atoms. The first-order valence-corrected chi connectivity index (χ1v) is 13.2. The van der Waals surface area contributed by atoms with Crippen LogP contribution in [-0.2, 0) is 9.59 Å². The summed E-state index contributed by atoms with van der Waals surface area (Å²) in [7, 11) is 0. The number of urea groups is 1. The molecule has 0 aliphatic carbocycles. The van der Waals surface area contributed by atoms with Crippen LogP contribution in [0.3, 0.4) is 0 Å². The summed E-state index contributed by atoms with van der Waals surface area (Å²) in [6, 6.07) is 6.22. The maximum Gasteiger partial charge on any atom is 0.350 e. The second-order valence-corrected chi connectivity index (χ2v) is 10.1. The van der Waals surface area contributed by atoms with Crippen molar-refractivity contribution >= 4 is 46.1 Å². The minimum absolute atomic E-state index is 0.0230. The van der Waals surface area contributed by atoms with Crippen LogP contribution in [0.2, 0.25) is 0 Å². The number of aromatic nitrogens is 3. The number of primary amides is 1. The number of imide groups is 1. The number of ether oxygens (including phenoxy) is 1. The summed E-state index contributed by atoms with van der Waals surface area (Å²) in [5.74, 6) is -3.21. The number of hydrogen-bond donors (Lipinski definition) is 4. The summed E-state index contributed by atoms with van der Waals surface area (Å²) >= 11 is 0. The van der Waals surface area contributed by atoms with Gasteiger partial charge in [-0.3, -0.25) is 19.7 Å². The standard InChI is InChI=1S/C28H28F2N8O5/c1-14(2)37-28(42)36(17-6-4-16(29)5-7-17)27(41)23(24(31)40)38(37)18-8-9-20(19(30)12-18)43-21-10-11-32-25-22(21)26(35-34-25)33-15(3)13-39/h4-12,14-15,23,39H,13H2,1-3H3,(H2,31,40)(H2,32,33,34,35)/t15?,23-/m1/s1. The molecule has 2 atom stereocenters. The van der Waals surface area contributed by atoms with Crippen molar-refractivity contribution in [1.29, 1.82) is 0 Å². The maximum absolute atomic E-state index is 15.6. The number of aromatic amines is 1. The smallest absolute Gasteiger partial charge is 0.350 e. The SMILES string of the molecule is CC(CO)Nc1n[nH]c2nccc(Oc3ccc(N4[C@H](C(N)=O)C(=O)N(c5ccc(F)cc5)C(=O)N4C(C)C)cc3F)c12. The average molecular weight is 595 g/mol. The lowest BCUT2D eigenvalue weighted by Crippen LogP contribution is -2.72. The van der Waals surface area contributed by atoms with Crippen LogP contribution in [0.15, 0.2) is 54.7 Å². The maximum atomic E-state index is 15.6. The molecular formula is C28H28F2N8O5. The van der Waals surface area contributed by atoms with Crippen LogP contribution >= 0.6 is 0 Å². The van der Waals surface area contributed by atoms with Gasteiger partial charge in [0.05, 0.1) is 18.0 Å². The molecule has 13 nitrogen and oxygen atoms in total. The van der Waals surface area contributed by atoms with Gasteiger partial charge in [0, 0.05) is 30.4 Å². The van der Waals surface area contributed by atoms with Crippen molar-refractivity contribution in [3.63, 3.8) is 0 Å². The molecule has 0 radical (unpaired) electrons. The number of fused-ring (bicyclic) bond motifs is 1. The number of nitrogens with zero attached hydrogens (tertiary/aromatic N) is 5. The molecule has 0 saturated carbocycles. The molecule has 15 heteroatoms. The van der Waals surface area contributed by atoms with Gasteiger partial charge in [0.2, 0.25) is 6.04 Å². The largest absolute Gasteiger partial charge is 0.453 e. The fourth-order valence-corrected chi connectivity index (χ4v) is 4.68. The lowest BCUT2D eigenvalue weighted by atomic mass is 10.1. The Morgan fingerprint density at radius 3 is 2.42 bits per heavy atom. The Morgan fingerprint density at radius 1 is 1.09 bits per heavy atom. The zero-order chi connectivity index (χ0) is 31.0. The minimum atomic E-state index is -1.73. The van der Waals surface area contributed by atoms with Gasteiger partial charge in [-0.25, -0.2) is 28.5 Å². The second kappa shape index (κ2) is 11.5.